The third-order valence-corrected chi connectivity index (χ3v) is 2.59. The van der Waals surface area contributed by atoms with Crippen LogP contribution in [0.1, 0.15) is 31.6 Å². The molecule has 4 nitrogen and oxygen atoms in total. The van der Waals surface area contributed by atoms with Gasteiger partial charge in [-0.05, 0) is 19.8 Å². The van der Waals surface area contributed by atoms with Crippen LogP contribution in [0.3, 0.4) is 0 Å². The highest BCUT2D eigenvalue weighted by molar-refractivity contribution is 5.59. The maximum Gasteiger partial charge on any atom is 0.253 e. The highest BCUT2D eigenvalue weighted by Gasteiger charge is 2.21. The minimum absolute atomic E-state index is 0.0541. The average molecular weight is 192 g/mol. The summed E-state index contributed by atoms with van der Waals surface area (Å²) in [6.45, 7) is 1.99. The van der Waals surface area contributed by atoms with Crippen molar-refractivity contribution in [3.05, 3.63) is 34.7 Å². The van der Waals surface area contributed by atoms with E-state index in [0.29, 0.717) is 5.82 Å². The molecule has 0 fully saturated rings. The van der Waals surface area contributed by atoms with E-state index in [2.05, 4.69) is 4.98 Å². The maximum atomic E-state index is 11.5. The number of hydrogen-bond donors (Lipinski definition) is 1. The number of aromatic nitrogens is 2. The van der Waals surface area contributed by atoms with Gasteiger partial charge >= 0.3 is 0 Å². The Balaban J connectivity index is 2.68. The summed E-state index contributed by atoms with van der Waals surface area (Å²) < 4.78 is 1.63. The molecule has 0 saturated heterocycles. The first-order valence-electron chi connectivity index (χ1n) is 4.65. The van der Waals surface area contributed by atoms with Crippen LogP contribution in [0.4, 0.5) is 0 Å². The molecule has 0 aromatic carbocycles. The summed E-state index contributed by atoms with van der Waals surface area (Å²) in [5.74, 6) is 0.596. The highest BCUT2D eigenvalue weighted by Crippen LogP contribution is 2.28. The van der Waals surface area contributed by atoms with Crippen molar-refractivity contribution in [2.75, 3.05) is 0 Å². The van der Waals surface area contributed by atoms with Crippen molar-refractivity contribution in [3.63, 3.8) is 0 Å². The highest BCUT2D eigenvalue weighted by atomic mass is 16.2. The van der Waals surface area contributed by atoms with Gasteiger partial charge in [-0.25, -0.2) is 4.98 Å². The second kappa shape index (κ2) is 3.29. The van der Waals surface area contributed by atoms with Crippen LogP contribution in [0, 0.1) is 0 Å². The van der Waals surface area contributed by atoms with Gasteiger partial charge in [0.2, 0.25) is 0 Å². The molecule has 0 amide bonds. The fraction of sp³-hybridized carbons (Fsp3) is 0.400. The van der Waals surface area contributed by atoms with E-state index in [1.54, 1.807) is 4.57 Å². The zero-order valence-electron chi connectivity index (χ0n) is 7.97. The summed E-state index contributed by atoms with van der Waals surface area (Å²) >= 11 is 0. The molecule has 1 atom stereocenters. The Bertz CT molecular complexity index is 434. The van der Waals surface area contributed by atoms with Crippen molar-refractivity contribution in [1.29, 1.82) is 0 Å². The first-order chi connectivity index (χ1) is 6.74. The molecule has 1 unspecified atom stereocenters. The van der Waals surface area contributed by atoms with Crippen LogP contribution in [0.15, 0.2) is 23.3 Å². The summed E-state index contributed by atoms with van der Waals surface area (Å²) in [6.07, 6.45) is 4.17. The Morgan fingerprint density at radius 1 is 1.71 bits per heavy atom. The van der Waals surface area contributed by atoms with E-state index in [0.717, 1.165) is 24.7 Å². The van der Waals surface area contributed by atoms with Crippen LogP contribution >= 0.6 is 0 Å². The normalized spacial score (nSPS) is 23.5. The van der Waals surface area contributed by atoms with Gasteiger partial charge < -0.3 is 5.11 Å². The molecule has 0 spiro atoms. The predicted octanol–water partition coefficient (Wildman–Crippen LogP) is 1.50. The van der Waals surface area contributed by atoms with E-state index in [9.17, 15) is 4.79 Å². The van der Waals surface area contributed by atoms with Gasteiger partial charge in [0.1, 0.15) is 5.82 Å². The Hall–Kier alpha value is -1.58. The largest absolute Gasteiger partial charge is 0.515 e. The lowest BCUT2D eigenvalue weighted by Gasteiger charge is -2.24. The monoisotopic (exact) mass is 192 g/mol. The van der Waals surface area contributed by atoms with E-state index in [1.165, 1.54) is 12.3 Å². The molecule has 1 aromatic heterocycles. The standard InChI is InChI=1S/C10H12N2O2/c1-7-2-3-8(6-13)10-11-5-4-9(14)12(7)10/h4-7,13H,2-3H2,1H3. The molecule has 2 heterocycles. The maximum absolute atomic E-state index is 11.5. The summed E-state index contributed by atoms with van der Waals surface area (Å²) in [4.78, 5) is 15.7. The Labute approximate surface area is 81.5 Å². The van der Waals surface area contributed by atoms with Crippen molar-refractivity contribution < 1.29 is 5.11 Å². The summed E-state index contributed by atoms with van der Waals surface area (Å²) in [5, 5.41) is 9.00. The van der Waals surface area contributed by atoms with E-state index in [4.69, 9.17) is 5.11 Å². The van der Waals surface area contributed by atoms with Crippen LogP contribution in [0.25, 0.3) is 5.57 Å². The van der Waals surface area contributed by atoms with Crippen molar-refractivity contribution in [3.8, 4) is 0 Å². The molecule has 1 aliphatic heterocycles. The van der Waals surface area contributed by atoms with Gasteiger partial charge in [0.15, 0.2) is 0 Å². The van der Waals surface area contributed by atoms with E-state index in [1.807, 2.05) is 6.92 Å². The smallest absolute Gasteiger partial charge is 0.253 e. The molecule has 0 radical (unpaired) electrons. The Kier molecular flexibility index (Phi) is 2.11. The van der Waals surface area contributed by atoms with Gasteiger partial charge in [-0.2, -0.15) is 0 Å². The number of aliphatic hydroxyl groups is 1. The van der Waals surface area contributed by atoms with Crippen molar-refractivity contribution in [1.82, 2.24) is 9.55 Å². The van der Waals surface area contributed by atoms with Crippen LogP contribution in [-0.4, -0.2) is 14.7 Å². The van der Waals surface area contributed by atoms with E-state index >= 15 is 0 Å². The van der Waals surface area contributed by atoms with Crippen LogP contribution in [0.2, 0.25) is 0 Å². The zero-order valence-corrected chi connectivity index (χ0v) is 7.97. The minimum Gasteiger partial charge on any atom is -0.515 e. The first-order valence-corrected chi connectivity index (χ1v) is 4.65. The average Bonchev–Trinajstić information content (AvgIpc) is 2.18. The molecule has 14 heavy (non-hydrogen) atoms. The van der Waals surface area contributed by atoms with E-state index < -0.39 is 0 Å². The van der Waals surface area contributed by atoms with Crippen LogP contribution in [-0.2, 0) is 0 Å². The van der Waals surface area contributed by atoms with Gasteiger partial charge in [0, 0.05) is 23.9 Å². The van der Waals surface area contributed by atoms with Crippen molar-refractivity contribution in [2.24, 2.45) is 0 Å². The SMILES string of the molecule is CC1CCC(=CO)c2nccc(=O)n21. The van der Waals surface area contributed by atoms with Crippen LogP contribution in [0.5, 0.6) is 0 Å². The number of aliphatic hydroxyl groups excluding tert-OH is 1. The van der Waals surface area contributed by atoms with Gasteiger partial charge in [-0.3, -0.25) is 9.36 Å². The third kappa shape index (κ3) is 1.23. The molecular formula is C10H12N2O2. The molecular weight excluding hydrogens is 180 g/mol. The molecule has 0 saturated carbocycles. The Morgan fingerprint density at radius 3 is 3.21 bits per heavy atom. The van der Waals surface area contributed by atoms with Gasteiger partial charge in [-0.1, -0.05) is 0 Å². The number of hydrogen-bond acceptors (Lipinski definition) is 3. The fourth-order valence-electron chi connectivity index (χ4n) is 1.81. The zero-order chi connectivity index (χ0) is 10.1. The second-order valence-electron chi connectivity index (χ2n) is 3.52. The molecule has 0 bridgehead atoms. The lowest BCUT2D eigenvalue weighted by atomic mass is 10.0. The number of fused-ring (bicyclic) bond motifs is 1. The molecule has 74 valence electrons. The van der Waals surface area contributed by atoms with Gasteiger partial charge in [-0.15, -0.1) is 0 Å². The number of rotatable bonds is 0. The van der Waals surface area contributed by atoms with Gasteiger partial charge in [0.25, 0.3) is 5.56 Å². The third-order valence-electron chi connectivity index (χ3n) is 2.59. The topological polar surface area (TPSA) is 55.1 Å². The predicted molar refractivity (Wildman–Crippen MR) is 53.0 cm³/mol. The molecule has 2 rings (SSSR count). The summed E-state index contributed by atoms with van der Waals surface area (Å²) in [6, 6.07) is 1.61. The molecule has 1 N–H and O–H groups in total. The quantitative estimate of drug-likeness (QED) is 0.634. The molecule has 0 aliphatic carbocycles. The lowest BCUT2D eigenvalue weighted by molar-refractivity contribution is 0.442. The summed E-state index contributed by atoms with van der Waals surface area (Å²) in [7, 11) is 0. The Morgan fingerprint density at radius 2 is 2.50 bits per heavy atom. The first kappa shape index (κ1) is 8.99. The van der Waals surface area contributed by atoms with E-state index in [-0.39, 0.29) is 11.6 Å². The minimum atomic E-state index is -0.0541. The second-order valence-corrected chi connectivity index (χ2v) is 3.52. The molecule has 1 aromatic rings. The summed E-state index contributed by atoms with van der Waals surface area (Å²) in [5.41, 5.74) is 0.683. The number of nitrogens with zero attached hydrogens (tertiary/aromatic N) is 2. The lowest BCUT2D eigenvalue weighted by Crippen LogP contribution is -2.29. The fourth-order valence-corrected chi connectivity index (χ4v) is 1.81. The van der Waals surface area contributed by atoms with Crippen LogP contribution < -0.4 is 5.56 Å². The van der Waals surface area contributed by atoms with Crippen molar-refractivity contribution >= 4 is 5.57 Å². The number of allylic oxidation sites excluding steroid dienone is 1. The molecule has 1 aliphatic rings. The molecule has 4 heteroatoms. The van der Waals surface area contributed by atoms with Crippen molar-refractivity contribution in [2.45, 2.75) is 25.8 Å². The van der Waals surface area contributed by atoms with Gasteiger partial charge in [0.05, 0.1) is 6.26 Å².